The van der Waals surface area contributed by atoms with Crippen LogP contribution in [0.4, 0.5) is 10.1 Å². The molecule has 6 nitrogen and oxygen atoms in total. The van der Waals surface area contributed by atoms with Crippen LogP contribution in [0.25, 0.3) is 6.08 Å². The monoisotopic (exact) mass is 455 g/mol. The van der Waals surface area contributed by atoms with Gasteiger partial charge in [-0.15, -0.1) is 0 Å². The molecule has 1 aliphatic carbocycles. The Morgan fingerprint density at radius 3 is 2.62 bits per heavy atom. The Bertz CT molecular complexity index is 1060. The number of ether oxygens (including phenoxy) is 1. The Hall–Kier alpha value is -3.37. The third-order valence-corrected chi connectivity index (χ3v) is 5.37. The summed E-state index contributed by atoms with van der Waals surface area (Å²) in [6.07, 6.45) is 6.63. The van der Waals surface area contributed by atoms with Crippen LogP contribution in [0, 0.1) is 17.1 Å². The summed E-state index contributed by atoms with van der Waals surface area (Å²) in [5.74, 6) is -1.24. The predicted molar refractivity (Wildman–Crippen MR) is 121 cm³/mol. The van der Waals surface area contributed by atoms with Crippen molar-refractivity contribution < 1.29 is 18.7 Å². The van der Waals surface area contributed by atoms with Gasteiger partial charge in [0.15, 0.2) is 6.61 Å². The molecule has 0 radical (unpaired) electrons. The molecule has 8 heteroatoms. The molecule has 0 unspecified atom stereocenters. The molecule has 2 aromatic carbocycles. The first-order valence-corrected chi connectivity index (χ1v) is 10.7. The van der Waals surface area contributed by atoms with E-state index in [0.717, 1.165) is 25.7 Å². The van der Waals surface area contributed by atoms with E-state index in [1.807, 2.05) is 6.07 Å². The molecule has 0 spiro atoms. The van der Waals surface area contributed by atoms with Gasteiger partial charge in [-0.3, -0.25) is 9.59 Å². The van der Waals surface area contributed by atoms with Gasteiger partial charge in [0.25, 0.3) is 11.8 Å². The van der Waals surface area contributed by atoms with Crippen molar-refractivity contribution in [3.8, 4) is 11.8 Å². The number of hydrogen-bond acceptors (Lipinski definition) is 4. The Morgan fingerprint density at radius 2 is 1.94 bits per heavy atom. The topological polar surface area (TPSA) is 91.2 Å². The minimum Gasteiger partial charge on any atom is -0.482 e. The second-order valence-electron chi connectivity index (χ2n) is 7.48. The minimum atomic E-state index is -0.546. The third kappa shape index (κ3) is 6.56. The molecule has 2 N–H and O–H groups in total. The lowest BCUT2D eigenvalue weighted by Crippen LogP contribution is -2.36. The van der Waals surface area contributed by atoms with Gasteiger partial charge in [0.2, 0.25) is 0 Å². The van der Waals surface area contributed by atoms with Crippen molar-refractivity contribution in [2.75, 3.05) is 11.9 Å². The molecular formula is C24H23ClFN3O3. The van der Waals surface area contributed by atoms with Gasteiger partial charge in [-0.1, -0.05) is 49.1 Å². The molecule has 0 heterocycles. The molecule has 0 aliphatic heterocycles. The van der Waals surface area contributed by atoms with Crippen molar-refractivity contribution in [1.82, 2.24) is 5.32 Å². The Kier molecular flexibility index (Phi) is 8.23. The lowest BCUT2D eigenvalue weighted by molar-refractivity contribution is -0.118. The number of carbonyl (C=O) groups excluding carboxylic acids is 2. The number of nitrogens with one attached hydrogen (secondary N) is 2. The number of amides is 2. The van der Waals surface area contributed by atoms with Crippen LogP contribution in [0.1, 0.15) is 37.7 Å². The summed E-state index contributed by atoms with van der Waals surface area (Å²) in [6, 6.07) is 12.5. The SMILES string of the molecule is N#C/C(=C/c1ccc(OCC(=O)Nc2ccccc2F)c(Cl)c1)C(=O)NC1CCCCC1. The fraction of sp³-hybridized carbons (Fsp3) is 0.292. The average Bonchev–Trinajstić information content (AvgIpc) is 2.79. The van der Waals surface area contributed by atoms with Crippen molar-refractivity contribution >= 4 is 35.2 Å². The van der Waals surface area contributed by atoms with Gasteiger partial charge in [0.05, 0.1) is 10.7 Å². The van der Waals surface area contributed by atoms with Gasteiger partial charge in [0.1, 0.15) is 23.2 Å². The molecule has 2 amide bonds. The Morgan fingerprint density at radius 1 is 1.19 bits per heavy atom. The molecule has 0 bridgehead atoms. The van der Waals surface area contributed by atoms with Crippen LogP contribution in [-0.2, 0) is 9.59 Å². The van der Waals surface area contributed by atoms with Crippen LogP contribution in [0.3, 0.4) is 0 Å². The maximum Gasteiger partial charge on any atom is 0.262 e. The van der Waals surface area contributed by atoms with Gasteiger partial charge in [-0.05, 0) is 48.7 Å². The highest BCUT2D eigenvalue weighted by Gasteiger charge is 2.18. The quantitative estimate of drug-likeness (QED) is 0.461. The molecule has 32 heavy (non-hydrogen) atoms. The number of carbonyl (C=O) groups is 2. The van der Waals surface area contributed by atoms with Crippen LogP contribution in [-0.4, -0.2) is 24.5 Å². The fourth-order valence-electron chi connectivity index (χ4n) is 3.44. The van der Waals surface area contributed by atoms with Crippen LogP contribution < -0.4 is 15.4 Å². The zero-order valence-corrected chi connectivity index (χ0v) is 18.1. The molecule has 1 saturated carbocycles. The van der Waals surface area contributed by atoms with E-state index in [9.17, 15) is 19.2 Å². The van der Waals surface area contributed by atoms with Crippen LogP contribution in [0.15, 0.2) is 48.0 Å². The first kappa shape index (κ1) is 23.3. The van der Waals surface area contributed by atoms with Gasteiger partial charge in [0, 0.05) is 6.04 Å². The normalized spacial score (nSPS) is 14.3. The standard InChI is InChI=1S/C24H23ClFN3O3/c25-19-13-16(12-17(14-27)24(31)28-18-6-2-1-3-7-18)10-11-22(19)32-15-23(30)29-21-9-5-4-8-20(21)26/h4-5,8-13,18H,1-3,6-7,15H2,(H,28,31)(H,29,30)/b17-12-. The summed E-state index contributed by atoms with van der Waals surface area (Å²) in [5.41, 5.74) is 0.598. The largest absolute Gasteiger partial charge is 0.482 e. The summed E-state index contributed by atoms with van der Waals surface area (Å²) in [6.45, 7) is -0.365. The van der Waals surface area contributed by atoms with Crippen molar-refractivity contribution in [3.05, 3.63) is 64.4 Å². The second kappa shape index (κ2) is 11.3. The molecule has 0 atom stereocenters. The van der Waals surface area contributed by atoms with Crippen LogP contribution in [0.2, 0.25) is 5.02 Å². The van der Waals surface area contributed by atoms with Crippen molar-refractivity contribution in [2.24, 2.45) is 0 Å². The van der Waals surface area contributed by atoms with Crippen molar-refractivity contribution in [2.45, 2.75) is 38.1 Å². The van der Waals surface area contributed by atoms with E-state index in [0.29, 0.717) is 5.56 Å². The number of anilines is 1. The number of para-hydroxylation sites is 1. The van der Waals surface area contributed by atoms with Crippen LogP contribution in [0.5, 0.6) is 5.75 Å². The predicted octanol–water partition coefficient (Wildman–Crippen LogP) is 4.85. The molecule has 1 fully saturated rings. The molecule has 2 aromatic rings. The molecule has 0 saturated heterocycles. The molecule has 3 rings (SSSR count). The maximum absolute atomic E-state index is 13.6. The number of rotatable bonds is 7. The first-order valence-electron chi connectivity index (χ1n) is 10.4. The zero-order chi connectivity index (χ0) is 22.9. The van der Waals surface area contributed by atoms with E-state index >= 15 is 0 Å². The van der Waals surface area contributed by atoms with Crippen molar-refractivity contribution in [3.63, 3.8) is 0 Å². The van der Waals surface area contributed by atoms with Crippen LogP contribution >= 0.6 is 11.6 Å². The van der Waals surface area contributed by atoms with Gasteiger partial charge in [-0.2, -0.15) is 5.26 Å². The lowest BCUT2D eigenvalue weighted by atomic mass is 9.95. The minimum absolute atomic E-state index is 0.00965. The number of benzene rings is 2. The van der Waals surface area contributed by atoms with Gasteiger partial charge >= 0.3 is 0 Å². The van der Waals surface area contributed by atoms with E-state index in [4.69, 9.17) is 16.3 Å². The molecule has 166 valence electrons. The highest BCUT2D eigenvalue weighted by molar-refractivity contribution is 6.32. The lowest BCUT2D eigenvalue weighted by Gasteiger charge is -2.22. The second-order valence-corrected chi connectivity index (χ2v) is 7.89. The molecular weight excluding hydrogens is 433 g/mol. The number of nitriles is 1. The summed E-state index contributed by atoms with van der Waals surface area (Å²) in [4.78, 5) is 24.4. The smallest absolute Gasteiger partial charge is 0.262 e. The van der Waals surface area contributed by atoms with Gasteiger partial charge < -0.3 is 15.4 Å². The van der Waals surface area contributed by atoms with Crippen molar-refractivity contribution in [1.29, 1.82) is 5.26 Å². The summed E-state index contributed by atoms with van der Waals surface area (Å²) >= 11 is 6.23. The maximum atomic E-state index is 13.6. The van der Waals surface area contributed by atoms with E-state index in [1.165, 1.54) is 36.8 Å². The van der Waals surface area contributed by atoms with Gasteiger partial charge in [-0.25, -0.2) is 4.39 Å². The third-order valence-electron chi connectivity index (χ3n) is 5.08. The highest BCUT2D eigenvalue weighted by atomic mass is 35.5. The van der Waals surface area contributed by atoms with E-state index in [-0.39, 0.29) is 34.7 Å². The Labute approximate surface area is 191 Å². The summed E-state index contributed by atoms with van der Waals surface area (Å²) in [7, 11) is 0. The summed E-state index contributed by atoms with van der Waals surface area (Å²) < 4.78 is 19.0. The molecule has 0 aromatic heterocycles. The first-order chi connectivity index (χ1) is 15.5. The Balaban J connectivity index is 1.59. The number of halogens is 2. The summed E-state index contributed by atoms with van der Waals surface area (Å²) in [5, 5.41) is 14.9. The average molecular weight is 456 g/mol. The van der Waals surface area contributed by atoms with E-state index < -0.39 is 17.6 Å². The highest BCUT2D eigenvalue weighted by Crippen LogP contribution is 2.27. The zero-order valence-electron chi connectivity index (χ0n) is 17.4. The fourth-order valence-corrected chi connectivity index (χ4v) is 3.68. The molecule has 1 aliphatic rings. The van der Waals surface area contributed by atoms with E-state index in [2.05, 4.69) is 10.6 Å². The number of hydrogen-bond donors (Lipinski definition) is 2. The van der Waals surface area contributed by atoms with E-state index in [1.54, 1.807) is 18.2 Å². The number of nitrogens with zero attached hydrogens (tertiary/aromatic N) is 1.